The second kappa shape index (κ2) is 8.26. The number of ether oxygens (including phenoxy) is 1. The minimum atomic E-state index is -0.635. The molecular formula is C14H19ClF2N2O2. The normalized spacial score (nSPS) is 18.0. The van der Waals surface area contributed by atoms with E-state index in [1.54, 1.807) is 7.05 Å². The highest BCUT2D eigenvalue weighted by molar-refractivity contribution is 5.85. The Labute approximate surface area is 128 Å². The number of rotatable bonds is 4. The molecule has 21 heavy (non-hydrogen) atoms. The second-order valence-electron chi connectivity index (χ2n) is 4.92. The average molecular weight is 321 g/mol. The number of carbonyl (C=O) groups is 1. The van der Waals surface area contributed by atoms with Crippen molar-refractivity contribution in [1.82, 2.24) is 10.2 Å². The van der Waals surface area contributed by atoms with Gasteiger partial charge in [-0.2, -0.15) is 0 Å². The fourth-order valence-electron chi connectivity index (χ4n) is 2.11. The Bertz CT molecular complexity index is 482. The van der Waals surface area contributed by atoms with Crippen LogP contribution in [0.1, 0.15) is 12.0 Å². The minimum Gasteiger partial charge on any atom is -0.378 e. The van der Waals surface area contributed by atoms with Crippen LogP contribution in [0.5, 0.6) is 0 Å². The number of benzene rings is 1. The highest BCUT2D eigenvalue weighted by Gasteiger charge is 2.20. The Kier molecular flexibility index (Phi) is 7.01. The highest BCUT2D eigenvalue weighted by atomic mass is 35.5. The molecule has 4 nitrogen and oxygen atoms in total. The third-order valence-electron chi connectivity index (χ3n) is 3.27. The van der Waals surface area contributed by atoms with Gasteiger partial charge in [0, 0.05) is 44.2 Å². The van der Waals surface area contributed by atoms with Crippen LogP contribution >= 0.6 is 12.4 Å². The summed E-state index contributed by atoms with van der Waals surface area (Å²) < 4.78 is 31.6. The Morgan fingerprint density at radius 3 is 2.86 bits per heavy atom. The molecule has 118 valence electrons. The number of nitrogens with zero attached hydrogens (tertiary/aromatic N) is 1. The third kappa shape index (κ3) is 5.22. The van der Waals surface area contributed by atoms with Gasteiger partial charge in [-0.3, -0.25) is 4.79 Å². The van der Waals surface area contributed by atoms with Crippen molar-refractivity contribution in [2.24, 2.45) is 0 Å². The van der Waals surface area contributed by atoms with Crippen LogP contribution in [0.3, 0.4) is 0 Å². The van der Waals surface area contributed by atoms with Gasteiger partial charge >= 0.3 is 0 Å². The van der Waals surface area contributed by atoms with E-state index in [0.717, 1.165) is 12.6 Å². The summed E-state index contributed by atoms with van der Waals surface area (Å²) in [6, 6.07) is 3.37. The number of nitrogens with one attached hydrogen (secondary N) is 1. The molecule has 1 aliphatic rings. The first kappa shape index (κ1) is 17.8. The number of carbonyl (C=O) groups excluding carboxylic acids is 1. The van der Waals surface area contributed by atoms with Gasteiger partial charge in [-0.25, -0.2) is 8.78 Å². The van der Waals surface area contributed by atoms with Crippen LogP contribution in [0.15, 0.2) is 18.2 Å². The van der Waals surface area contributed by atoms with Crippen LogP contribution in [-0.2, 0) is 16.1 Å². The van der Waals surface area contributed by atoms with Crippen molar-refractivity contribution in [1.29, 1.82) is 0 Å². The van der Waals surface area contributed by atoms with Crippen molar-refractivity contribution in [2.75, 3.05) is 26.8 Å². The molecular weight excluding hydrogens is 302 g/mol. The van der Waals surface area contributed by atoms with Gasteiger partial charge in [0.05, 0.1) is 13.2 Å². The number of morpholine rings is 1. The van der Waals surface area contributed by atoms with Crippen molar-refractivity contribution in [3.63, 3.8) is 0 Å². The molecule has 1 atom stereocenters. The van der Waals surface area contributed by atoms with Crippen molar-refractivity contribution < 1.29 is 18.3 Å². The maximum Gasteiger partial charge on any atom is 0.224 e. The van der Waals surface area contributed by atoms with Crippen LogP contribution in [-0.4, -0.2) is 43.7 Å². The van der Waals surface area contributed by atoms with Crippen LogP contribution < -0.4 is 5.32 Å². The summed E-state index contributed by atoms with van der Waals surface area (Å²) in [5.74, 6) is -1.36. The molecule has 1 amide bonds. The summed E-state index contributed by atoms with van der Waals surface area (Å²) in [6.07, 6.45) is 0.305. The zero-order valence-electron chi connectivity index (χ0n) is 11.8. The Balaban J connectivity index is 0.00000220. The number of halogens is 3. The third-order valence-corrected chi connectivity index (χ3v) is 3.27. The van der Waals surface area contributed by atoms with Gasteiger partial charge in [-0.05, 0) is 6.07 Å². The molecule has 7 heteroatoms. The van der Waals surface area contributed by atoms with Crippen LogP contribution in [0.2, 0.25) is 0 Å². The molecule has 0 aromatic heterocycles. The summed E-state index contributed by atoms with van der Waals surface area (Å²) in [6.45, 7) is 2.01. The monoisotopic (exact) mass is 320 g/mol. The number of hydrogen-bond acceptors (Lipinski definition) is 3. The maximum absolute atomic E-state index is 13.5. The lowest BCUT2D eigenvalue weighted by Gasteiger charge is -2.25. The molecule has 0 aliphatic carbocycles. The average Bonchev–Trinajstić information content (AvgIpc) is 2.43. The topological polar surface area (TPSA) is 41.6 Å². The standard InChI is InChI=1S/C14H18F2N2O2.ClH/c1-18(8-10-2-3-11(15)6-13(10)16)14(19)7-12-9-20-5-4-17-12;/h2-3,6,12,17H,4-5,7-9H2,1H3;1H. The fraction of sp³-hybridized carbons (Fsp3) is 0.500. The molecule has 0 saturated carbocycles. The van der Waals surface area contributed by atoms with Gasteiger partial charge in [0.1, 0.15) is 11.6 Å². The number of amides is 1. The van der Waals surface area contributed by atoms with Gasteiger partial charge in [-0.15, -0.1) is 12.4 Å². The molecule has 0 spiro atoms. The van der Waals surface area contributed by atoms with Crippen molar-refractivity contribution in [3.05, 3.63) is 35.4 Å². The van der Waals surface area contributed by atoms with Crippen molar-refractivity contribution in [2.45, 2.75) is 19.0 Å². The summed E-state index contributed by atoms with van der Waals surface area (Å²) in [5, 5.41) is 3.19. The second-order valence-corrected chi connectivity index (χ2v) is 4.92. The van der Waals surface area contributed by atoms with E-state index in [0.29, 0.717) is 25.2 Å². The SMILES string of the molecule is CN(Cc1ccc(F)cc1F)C(=O)CC1COCCN1.Cl. The summed E-state index contributed by atoms with van der Waals surface area (Å²) >= 11 is 0. The van der Waals surface area contributed by atoms with E-state index in [2.05, 4.69) is 5.32 Å². The quantitative estimate of drug-likeness (QED) is 0.918. The predicted molar refractivity (Wildman–Crippen MR) is 77.3 cm³/mol. The summed E-state index contributed by atoms with van der Waals surface area (Å²) in [7, 11) is 1.61. The van der Waals surface area contributed by atoms with E-state index in [1.807, 2.05) is 0 Å². The van der Waals surface area contributed by atoms with Crippen molar-refractivity contribution in [3.8, 4) is 0 Å². The predicted octanol–water partition coefficient (Wildman–Crippen LogP) is 1.72. The zero-order chi connectivity index (χ0) is 14.5. The van der Waals surface area contributed by atoms with Crippen molar-refractivity contribution >= 4 is 18.3 Å². The van der Waals surface area contributed by atoms with Gasteiger partial charge in [-0.1, -0.05) is 6.07 Å². The number of hydrogen-bond donors (Lipinski definition) is 1. The Morgan fingerprint density at radius 1 is 1.48 bits per heavy atom. The zero-order valence-corrected chi connectivity index (χ0v) is 12.6. The molecule has 1 aliphatic heterocycles. The smallest absolute Gasteiger partial charge is 0.224 e. The molecule has 1 aromatic carbocycles. The van der Waals surface area contributed by atoms with Crippen LogP contribution in [0.25, 0.3) is 0 Å². The molecule has 1 N–H and O–H groups in total. The van der Waals surface area contributed by atoms with Gasteiger partial charge in [0.25, 0.3) is 0 Å². The first-order valence-corrected chi connectivity index (χ1v) is 6.55. The molecule has 0 bridgehead atoms. The Morgan fingerprint density at radius 2 is 2.24 bits per heavy atom. The van der Waals surface area contributed by atoms with E-state index in [1.165, 1.54) is 17.0 Å². The first-order valence-electron chi connectivity index (χ1n) is 6.55. The van der Waals surface area contributed by atoms with Gasteiger partial charge in [0.15, 0.2) is 0 Å². The summed E-state index contributed by atoms with van der Waals surface area (Å²) in [4.78, 5) is 13.5. The fourth-order valence-corrected chi connectivity index (χ4v) is 2.11. The van der Waals surface area contributed by atoms with Crippen LogP contribution in [0.4, 0.5) is 8.78 Å². The summed E-state index contributed by atoms with van der Waals surface area (Å²) in [5.41, 5.74) is 0.301. The van der Waals surface area contributed by atoms with E-state index in [-0.39, 0.29) is 30.9 Å². The van der Waals surface area contributed by atoms with Crippen LogP contribution in [0, 0.1) is 11.6 Å². The van der Waals surface area contributed by atoms with Gasteiger partial charge in [0.2, 0.25) is 5.91 Å². The lowest BCUT2D eigenvalue weighted by Crippen LogP contribution is -2.44. The van der Waals surface area contributed by atoms with E-state index in [4.69, 9.17) is 4.74 Å². The molecule has 1 unspecified atom stereocenters. The maximum atomic E-state index is 13.5. The Hall–Kier alpha value is -1.24. The molecule has 1 fully saturated rings. The molecule has 1 heterocycles. The van der Waals surface area contributed by atoms with Gasteiger partial charge < -0.3 is 15.0 Å². The van der Waals surface area contributed by atoms with E-state index >= 15 is 0 Å². The largest absolute Gasteiger partial charge is 0.378 e. The molecule has 2 rings (SSSR count). The highest BCUT2D eigenvalue weighted by Crippen LogP contribution is 2.12. The minimum absolute atomic E-state index is 0. The first-order chi connectivity index (χ1) is 9.56. The molecule has 1 aromatic rings. The van der Waals surface area contributed by atoms with E-state index in [9.17, 15) is 13.6 Å². The lowest BCUT2D eigenvalue weighted by atomic mass is 10.1. The molecule has 0 radical (unpaired) electrons. The lowest BCUT2D eigenvalue weighted by molar-refractivity contribution is -0.131. The molecule has 1 saturated heterocycles. The van der Waals surface area contributed by atoms with E-state index < -0.39 is 11.6 Å².